The van der Waals surface area contributed by atoms with Gasteiger partial charge in [-0.1, -0.05) is 6.07 Å². The predicted octanol–water partition coefficient (Wildman–Crippen LogP) is 2.10. The number of rotatable bonds is 2. The van der Waals surface area contributed by atoms with Crippen LogP contribution < -0.4 is 10.9 Å². The van der Waals surface area contributed by atoms with Crippen molar-refractivity contribution in [3.05, 3.63) is 45.9 Å². The SMILES string of the molecule is CNC(C)c1cn(C)c(=O)c2c(F)c(F)ccc12. The Labute approximate surface area is 103 Å². The van der Waals surface area contributed by atoms with E-state index in [1.807, 2.05) is 6.92 Å². The van der Waals surface area contributed by atoms with Crippen molar-refractivity contribution < 1.29 is 8.78 Å². The molecule has 1 unspecified atom stereocenters. The van der Waals surface area contributed by atoms with Gasteiger partial charge in [-0.25, -0.2) is 8.78 Å². The molecule has 0 saturated heterocycles. The average Bonchev–Trinajstić information content (AvgIpc) is 2.36. The Balaban J connectivity index is 2.96. The van der Waals surface area contributed by atoms with Crippen molar-refractivity contribution in [2.75, 3.05) is 7.05 Å². The molecule has 0 fully saturated rings. The van der Waals surface area contributed by atoms with Gasteiger partial charge in [-0.05, 0) is 31.0 Å². The van der Waals surface area contributed by atoms with Crippen LogP contribution in [0.15, 0.2) is 23.1 Å². The maximum Gasteiger partial charge on any atom is 0.261 e. The van der Waals surface area contributed by atoms with Crippen molar-refractivity contribution in [2.45, 2.75) is 13.0 Å². The van der Waals surface area contributed by atoms with Crippen LogP contribution in [0.2, 0.25) is 0 Å². The molecule has 96 valence electrons. The lowest BCUT2D eigenvalue weighted by Gasteiger charge is -2.15. The standard InChI is InChI=1S/C13H14F2N2O/c1-7(16-2)9-6-17(3)13(18)11-8(9)4-5-10(14)12(11)15/h4-7,16H,1-3H3. The van der Waals surface area contributed by atoms with E-state index in [4.69, 9.17) is 0 Å². The molecule has 0 saturated carbocycles. The van der Waals surface area contributed by atoms with E-state index in [0.29, 0.717) is 5.39 Å². The van der Waals surface area contributed by atoms with E-state index in [1.165, 1.54) is 17.7 Å². The van der Waals surface area contributed by atoms with Crippen molar-refractivity contribution in [3.8, 4) is 0 Å². The number of aromatic nitrogens is 1. The van der Waals surface area contributed by atoms with Gasteiger partial charge in [0.1, 0.15) is 0 Å². The van der Waals surface area contributed by atoms with E-state index in [2.05, 4.69) is 5.32 Å². The van der Waals surface area contributed by atoms with Crippen LogP contribution in [0.25, 0.3) is 10.8 Å². The van der Waals surface area contributed by atoms with Gasteiger partial charge in [0.25, 0.3) is 5.56 Å². The lowest BCUT2D eigenvalue weighted by Crippen LogP contribution is -2.22. The zero-order chi connectivity index (χ0) is 13.4. The number of pyridine rings is 1. The third kappa shape index (κ3) is 1.80. The van der Waals surface area contributed by atoms with Gasteiger partial charge in [-0.3, -0.25) is 4.79 Å². The normalized spacial score (nSPS) is 12.9. The van der Waals surface area contributed by atoms with Gasteiger partial charge >= 0.3 is 0 Å². The molecule has 1 N–H and O–H groups in total. The summed E-state index contributed by atoms with van der Waals surface area (Å²) in [6.07, 6.45) is 1.64. The first-order chi connectivity index (χ1) is 8.47. The van der Waals surface area contributed by atoms with Crippen molar-refractivity contribution in [3.63, 3.8) is 0 Å². The molecule has 5 heteroatoms. The van der Waals surface area contributed by atoms with Gasteiger partial charge in [0, 0.05) is 19.3 Å². The van der Waals surface area contributed by atoms with E-state index >= 15 is 0 Å². The second kappa shape index (κ2) is 4.49. The fourth-order valence-corrected chi connectivity index (χ4v) is 2.01. The number of hydrogen-bond donors (Lipinski definition) is 1. The summed E-state index contributed by atoms with van der Waals surface area (Å²) in [4.78, 5) is 11.9. The van der Waals surface area contributed by atoms with E-state index < -0.39 is 17.2 Å². The summed E-state index contributed by atoms with van der Waals surface area (Å²) in [6.45, 7) is 1.89. The topological polar surface area (TPSA) is 34.0 Å². The second-order valence-electron chi connectivity index (χ2n) is 4.29. The van der Waals surface area contributed by atoms with E-state index in [0.717, 1.165) is 11.6 Å². The van der Waals surface area contributed by atoms with Crippen LogP contribution in [-0.4, -0.2) is 11.6 Å². The maximum atomic E-state index is 13.8. The number of hydrogen-bond acceptors (Lipinski definition) is 2. The number of nitrogens with one attached hydrogen (secondary N) is 1. The van der Waals surface area contributed by atoms with Crippen molar-refractivity contribution in [2.24, 2.45) is 7.05 Å². The van der Waals surface area contributed by atoms with Crippen molar-refractivity contribution in [1.82, 2.24) is 9.88 Å². The summed E-state index contributed by atoms with van der Waals surface area (Å²) in [6, 6.07) is 2.42. The molecule has 0 aliphatic carbocycles. The largest absolute Gasteiger partial charge is 0.318 e. The third-order valence-corrected chi connectivity index (χ3v) is 3.17. The van der Waals surface area contributed by atoms with Crippen molar-refractivity contribution >= 4 is 10.8 Å². The monoisotopic (exact) mass is 252 g/mol. The molecular weight excluding hydrogens is 238 g/mol. The Kier molecular flexibility index (Phi) is 3.17. The summed E-state index contributed by atoms with van der Waals surface area (Å²) in [5.41, 5.74) is 0.225. The molecule has 0 aliphatic heterocycles. The average molecular weight is 252 g/mol. The first kappa shape index (κ1) is 12.7. The van der Waals surface area contributed by atoms with Gasteiger partial charge in [0.2, 0.25) is 0 Å². The molecule has 3 nitrogen and oxygen atoms in total. The Morgan fingerprint density at radius 1 is 1.33 bits per heavy atom. The number of aryl methyl sites for hydroxylation is 1. The number of fused-ring (bicyclic) bond motifs is 1. The van der Waals surface area contributed by atoms with Gasteiger partial charge in [0.05, 0.1) is 5.39 Å². The number of benzene rings is 1. The fourth-order valence-electron chi connectivity index (χ4n) is 2.01. The van der Waals surface area contributed by atoms with Crippen LogP contribution in [0.5, 0.6) is 0 Å². The van der Waals surface area contributed by atoms with Gasteiger partial charge in [-0.15, -0.1) is 0 Å². The van der Waals surface area contributed by atoms with E-state index in [1.54, 1.807) is 13.2 Å². The molecule has 0 aliphatic rings. The smallest absolute Gasteiger partial charge is 0.261 e. The van der Waals surface area contributed by atoms with Gasteiger partial charge in [-0.2, -0.15) is 0 Å². The summed E-state index contributed by atoms with van der Waals surface area (Å²) < 4.78 is 28.3. The lowest BCUT2D eigenvalue weighted by atomic mass is 10.0. The van der Waals surface area contributed by atoms with Crippen LogP contribution in [0.3, 0.4) is 0 Å². The summed E-state index contributed by atoms with van der Waals surface area (Å²) in [5.74, 6) is -2.09. The van der Waals surface area contributed by atoms with E-state index in [9.17, 15) is 13.6 Å². The minimum absolute atomic E-state index is 0.0656. The Morgan fingerprint density at radius 2 is 2.00 bits per heavy atom. The Hall–Kier alpha value is -1.75. The summed E-state index contributed by atoms with van der Waals surface area (Å²) >= 11 is 0. The van der Waals surface area contributed by atoms with Crippen LogP contribution in [0.1, 0.15) is 18.5 Å². The molecule has 1 aromatic heterocycles. The highest BCUT2D eigenvalue weighted by Gasteiger charge is 2.17. The van der Waals surface area contributed by atoms with Crippen LogP contribution in [-0.2, 0) is 7.05 Å². The number of nitrogens with zero attached hydrogens (tertiary/aromatic N) is 1. The first-order valence-electron chi connectivity index (χ1n) is 5.62. The Morgan fingerprint density at radius 3 is 2.61 bits per heavy atom. The van der Waals surface area contributed by atoms with Crippen LogP contribution in [0, 0.1) is 11.6 Å². The predicted molar refractivity (Wildman–Crippen MR) is 66.6 cm³/mol. The van der Waals surface area contributed by atoms with Crippen LogP contribution in [0.4, 0.5) is 8.78 Å². The van der Waals surface area contributed by atoms with Crippen molar-refractivity contribution in [1.29, 1.82) is 0 Å². The zero-order valence-electron chi connectivity index (χ0n) is 10.4. The highest BCUT2D eigenvalue weighted by atomic mass is 19.2. The molecule has 1 heterocycles. The summed E-state index contributed by atoms with van der Waals surface area (Å²) in [7, 11) is 3.29. The lowest BCUT2D eigenvalue weighted by molar-refractivity contribution is 0.515. The highest BCUT2D eigenvalue weighted by Crippen LogP contribution is 2.24. The number of halogens is 2. The zero-order valence-corrected chi connectivity index (χ0v) is 10.4. The molecule has 0 spiro atoms. The van der Waals surface area contributed by atoms with Crippen LogP contribution >= 0.6 is 0 Å². The van der Waals surface area contributed by atoms with E-state index in [-0.39, 0.29) is 11.4 Å². The molecule has 1 atom stereocenters. The molecule has 2 rings (SSSR count). The molecule has 1 aromatic carbocycles. The minimum atomic E-state index is -1.08. The molecule has 0 bridgehead atoms. The minimum Gasteiger partial charge on any atom is -0.318 e. The molecule has 0 radical (unpaired) electrons. The maximum absolute atomic E-state index is 13.8. The second-order valence-corrected chi connectivity index (χ2v) is 4.29. The fraction of sp³-hybridized carbons (Fsp3) is 0.308. The molecule has 18 heavy (non-hydrogen) atoms. The quantitative estimate of drug-likeness (QED) is 0.888. The van der Waals surface area contributed by atoms with Gasteiger partial charge < -0.3 is 9.88 Å². The summed E-state index contributed by atoms with van der Waals surface area (Å²) in [5, 5.41) is 3.27. The van der Waals surface area contributed by atoms with Gasteiger partial charge in [0.15, 0.2) is 11.6 Å². The Bertz CT molecular complexity index is 664. The highest BCUT2D eigenvalue weighted by molar-refractivity contribution is 5.85. The molecule has 2 aromatic rings. The molecule has 0 amide bonds. The first-order valence-corrected chi connectivity index (χ1v) is 5.62. The third-order valence-electron chi connectivity index (χ3n) is 3.17. The molecular formula is C13H14F2N2O.